The Bertz CT molecular complexity index is 1760. The first-order chi connectivity index (χ1) is 20.6. The Labute approximate surface area is 242 Å². The van der Waals surface area contributed by atoms with E-state index in [1.165, 1.54) is 36.5 Å². The summed E-state index contributed by atoms with van der Waals surface area (Å²) in [4.78, 5) is 24.6. The summed E-state index contributed by atoms with van der Waals surface area (Å²) in [6.07, 6.45) is -2.82. The molecular formula is C22H27FN10O8P2. The van der Waals surface area contributed by atoms with Crippen LogP contribution in [-0.2, 0) is 36.7 Å². The fraction of sp³-hybridized carbons (Fsp3) is 0.545. The van der Waals surface area contributed by atoms with Gasteiger partial charge in [-0.1, -0.05) is 6.92 Å². The number of nitrogens with zero attached hydrogens (tertiary/aromatic N) is 8. The van der Waals surface area contributed by atoms with Crippen molar-refractivity contribution in [3.05, 3.63) is 25.3 Å². The van der Waals surface area contributed by atoms with E-state index in [0.29, 0.717) is 11.2 Å². The normalized spacial score (nSPS) is 37.1. The lowest BCUT2D eigenvalue weighted by atomic mass is 10.0. The number of hydrogen-bond acceptors (Lipinski definition) is 16. The number of ether oxygens (including phenoxy) is 2. The van der Waals surface area contributed by atoms with Crippen molar-refractivity contribution in [2.45, 2.75) is 50.0 Å². The van der Waals surface area contributed by atoms with Crippen molar-refractivity contribution < 1.29 is 41.1 Å². The molecule has 7 heterocycles. The minimum absolute atomic E-state index is 0.105. The predicted octanol–water partition coefficient (Wildman–Crippen LogP) is 1.63. The van der Waals surface area contributed by atoms with Gasteiger partial charge in [0.2, 0.25) is 0 Å². The highest BCUT2D eigenvalue weighted by molar-refractivity contribution is 7.53. The number of nitrogen functional groups attached to an aromatic ring is 2. The van der Waals surface area contributed by atoms with Gasteiger partial charge in [-0.2, -0.15) is 0 Å². The highest BCUT2D eigenvalue weighted by Gasteiger charge is 2.51. The number of halogens is 1. The molecule has 3 saturated heterocycles. The molecule has 0 bridgehead atoms. The summed E-state index contributed by atoms with van der Waals surface area (Å²) in [6.45, 7) is 2.41. The third-order valence-electron chi connectivity index (χ3n) is 7.62. The number of aromatic nitrogens is 8. The molecule has 4 aromatic heterocycles. The molecule has 0 saturated carbocycles. The van der Waals surface area contributed by atoms with Crippen LogP contribution in [0.4, 0.5) is 16.0 Å². The van der Waals surface area contributed by atoms with Crippen LogP contribution in [0.25, 0.3) is 22.3 Å². The molecule has 0 spiro atoms. The molecule has 0 amide bonds. The molecular weight excluding hydrogens is 613 g/mol. The molecule has 230 valence electrons. The smallest absolute Gasteiger partial charge is 0.328 e. The molecule has 3 aliphatic rings. The van der Waals surface area contributed by atoms with E-state index in [4.69, 9.17) is 39.0 Å². The number of anilines is 2. The van der Waals surface area contributed by atoms with Gasteiger partial charge in [0.1, 0.15) is 54.3 Å². The van der Waals surface area contributed by atoms with Crippen LogP contribution in [0.1, 0.15) is 19.4 Å². The van der Waals surface area contributed by atoms with Gasteiger partial charge in [0.15, 0.2) is 35.3 Å². The quantitative estimate of drug-likeness (QED) is 0.297. The van der Waals surface area contributed by atoms with E-state index in [1.807, 2.05) is 6.92 Å². The Morgan fingerprint density at radius 3 is 2.14 bits per heavy atom. The Morgan fingerprint density at radius 2 is 1.49 bits per heavy atom. The fourth-order valence-electron chi connectivity index (χ4n) is 5.56. The molecule has 7 rings (SSSR count). The number of nitrogens with two attached hydrogens (primary N) is 2. The molecule has 3 aliphatic heterocycles. The molecule has 0 aromatic carbocycles. The van der Waals surface area contributed by atoms with Crippen molar-refractivity contribution in [2.24, 2.45) is 5.92 Å². The lowest BCUT2D eigenvalue weighted by molar-refractivity contribution is -0.0548. The van der Waals surface area contributed by atoms with Crippen LogP contribution in [0.15, 0.2) is 25.3 Å². The second-order valence-corrected chi connectivity index (χ2v) is 13.4. The van der Waals surface area contributed by atoms with Gasteiger partial charge in [0.05, 0.1) is 25.9 Å². The Hall–Kier alpha value is -3.15. The maximum absolute atomic E-state index is 15.9. The Morgan fingerprint density at radius 1 is 0.907 bits per heavy atom. The van der Waals surface area contributed by atoms with Crippen molar-refractivity contribution in [1.29, 1.82) is 0 Å². The summed E-state index contributed by atoms with van der Waals surface area (Å²) in [5.74, 6) is -0.139. The molecule has 3 fully saturated rings. The number of rotatable bonds is 2. The van der Waals surface area contributed by atoms with E-state index in [9.17, 15) is 9.13 Å². The third kappa shape index (κ3) is 4.99. The topological polar surface area (TPSA) is 229 Å². The number of imidazole rings is 2. The minimum Gasteiger partial charge on any atom is -0.382 e. The van der Waals surface area contributed by atoms with Gasteiger partial charge in [-0.25, -0.2) is 34.3 Å². The molecule has 0 aliphatic carbocycles. The fourth-order valence-corrected chi connectivity index (χ4v) is 7.68. The van der Waals surface area contributed by atoms with Gasteiger partial charge in [0.25, 0.3) is 0 Å². The van der Waals surface area contributed by atoms with Crippen molar-refractivity contribution in [3.63, 3.8) is 0 Å². The molecule has 4 N–H and O–H groups in total. The van der Waals surface area contributed by atoms with E-state index in [0.717, 1.165) is 0 Å². The van der Waals surface area contributed by atoms with Crippen LogP contribution in [0.5, 0.6) is 0 Å². The second-order valence-electron chi connectivity index (χ2n) is 10.4. The summed E-state index contributed by atoms with van der Waals surface area (Å²) < 4.78 is 80.3. The summed E-state index contributed by atoms with van der Waals surface area (Å²) in [6, 6.07) is 0. The number of fused-ring (bicyclic) bond motifs is 4. The largest absolute Gasteiger partial charge is 0.382 e. The Kier molecular flexibility index (Phi) is 7.17. The van der Waals surface area contributed by atoms with Gasteiger partial charge in [0, 0.05) is 12.6 Å². The summed E-state index contributed by atoms with van der Waals surface area (Å²) in [5, 5.41) is 0. The van der Waals surface area contributed by atoms with Gasteiger partial charge in [-0.3, -0.25) is 18.3 Å². The van der Waals surface area contributed by atoms with Gasteiger partial charge < -0.3 is 39.0 Å². The SMILES string of the molecule is C[C@@H]1[C@@H]2O[P@@](C)(=O)OC[C@H]3O[C@@H](n4cnc5c(N)ncnc54)[C@H](F)[C@@H]3O[PH](=O)OC[C@H]2O[C@H]1n1cnc2c(N)ncnc21. The first-order valence-corrected chi connectivity index (χ1v) is 16.4. The highest BCUT2D eigenvalue weighted by atomic mass is 31.2. The summed E-state index contributed by atoms with van der Waals surface area (Å²) in [5.41, 5.74) is 13.1. The van der Waals surface area contributed by atoms with Crippen molar-refractivity contribution >= 4 is 49.8 Å². The number of hydrogen-bond donors (Lipinski definition) is 2. The highest BCUT2D eigenvalue weighted by Crippen LogP contribution is 2.52. The van der Waals surface area contributed by atoms with E-state index < -0.39 is 71.4 Å². The van der Waals surface area contributed by atoms with E-state index in [2.05, 4.69) is 29.9 Å². The lowest BCUT2D eigenvalue weighted by Crippen LogP contribution is -2.35. The van der Waals surface area contributed by atoms with E-state index in [1.54, 1.807) is 4.57 Å². The van der Waals surface area contributed by atoms with Gasteiger partial charge in [-0.15, -0.1) is 0 Å². The zero-order valence-corrected chi connectivity index (χ0v) is 24.6. The van der Waals surface area contributed by atoms with Crippen LogP contribution in [0.2, 0.25) is 0 Å². The zero-order chi connectivity index (χ0) is 30.0. The maximum atomic E-state index is 15.9. The van der Waals surface area contributed by atoms with Crippen LogP contribution in [0.3, 0.4) is 0 Å². The van der Waals surface area contributed by atoms with Crippen molar-refractivity contribution in [1.82, 2.24) is 39.0 Å². The van der Waals surface area contributed by atoms with Gasteiger partial charge >= 0.3 is 15.9 Å². The van der Waals surface area contributed by atoms with Crippen LogP contribution in [-0.4, -0.2) is 89.5 Å². The predicted molar refractivity (Wildman–Crippen MR) is 146 cm³/mol. The van der Waals surface area contributed by atoms with Crippen LogP contribution >= 0.6 is 15.9 Å². The molecule has 0 radical (unpaired) electrons. The molecule has 10 atom stereocenters. The average Bonchev–Trinajstić information content (AvgIpc) is 3.73. The molecule has 4 aromatic rings. The summed E-state index contributed by atoms with van der Waals surface area (Å²) in [7, 11) is -7.10. The zero-order valence-electron chi connectivity index (χ0n) is 22.7. The first kappa shape index (κ1) is 28.6. The van der Waals surface area contributed by atoms with E-state index in [-0.39, 0.29) is 29.4 Å². The van der Waals surface area contributed by atoms with Crippen molar-refractivity contribution in [3.8, 4) is 0 Å². The maximum Gasteiger partial charge on any atom is 0.328 e. The summed E-state index contributed by atoms with van der Waals surface area (Å²) >= 11 is 0. The molecule has 43 heavy (non-hydrogen) atoms. The first-order valence-electron chi connectivity index (χ1n) is 13.2. The standard InChI is InChI=1S/C22H27FN10O8P2/c1-9-15-10(38-21(9)32-7-30-13-17(24)26-5-28-19(13)32)3-36-42(34)40-16-11(4-37-43(2,35)41-15)39-22(12(16)23)33-8-31-14-18(25)27-6-29-20(14)33/h5-12,15-16,21-22,42H,3-4H2,1-2H3,(H2,24,26,28)(H2,25,27,29)/t9-,10-,11-,12-,15+,16-,21-,22-,43+/m1/s1. The van der Waals surface area contributed by atoms with Crippen molar-refractivity contribution in [2.75, 3.05) is 31.3 Å². The third-order valence-corrected chi connectivity index (χ3v) is 9.73. The second kappa shape index (κ2) is 10.8. The molecule has 21 heteroatoms. The molecule has 18 nitrogen and oxygen atoms in total. The van der Waals surface area contributed by atoms with Gasteiger partial charge in [-0.05, 0) is 0 Å². The number of alkyl halides is 1. The minimum atomic E-state index is -3.80. The van der Waals surface area contributed by atoms with E-state index >= 15 is 4.39 Å². The molecule has 1 unspecified atom stereocenters. The Balaban J connectivity index is 1.14. The monoisotopic (exact) mass is 640 g/mol. The van der Waals surface area contributed by atoms with Crippen LogP contribution < -0.4 is 11.5 Å². The average molecular weight is 640 g/mol. The lowest BCUT2D eigenvalue weighted by Gasteiger charge is -2.27. The van der Waals surface area contributed by atoms with Crippen LogP contribution in [0, 0.1) is 5.92 Å².